The summed E-state index contributed by atoms with van der Waals surface area (Å²) in [6.45, 7) is 1.29. The number of sulfonamides is 1. The quantitative estimate of drug-likeness (QED) is 0.429. The molecule has 0 aliphatic carbocycles. The Bertz CT molecular complexity index is 1120. The fourth-order valence-corrected chi connectivity index (χ4v) is 4.39. The molecular formula is C21H22Cl2N4O3S. The second kappa shape index (κ2) is 10.7. The minimum absolute atomic E-state index is 0.147. The van der Waals surface area contributed by atoms with Crippen LogP contribution >= 0.6 is 23.2 Å². The third-order valence-corrected chi connectivity index (χ3v) is 6.68. The standard InChI is InChI=1S/C21H22Cl2N4O3S/c22-19-4-1-3-16(20(19)23)9-14-31(29,30)26-18-7-5-17(6-8-18)21(28)25-10-2-12-27-13-11-24-15-27/h1,3-8,11,13,15,26H,2,9-10,12,14H2,(H,25,28). The summed E-state index contributed by atoms with van der Waals surface area (Å²) in [5, 5.41) is 3.59. The van der Waals surface area contributed by atoms with Crippen molar-refractivity contribution in [2.45, 2.75) is 19.4 Å². The molecule has 0 saturated heterocycles. The minimum Gasteiger partial charge on any atom is -0.352 e. The molecule has 1 heterocycles. The van der Waals surface area contributed by atoms with Crippen LogP contribution in [0.25, 0.3) is 0 Å². The number of hydrogen-bond acceptors (Lipinski definition) is 4. The van der Waals surface area contributed by atoms with Gasteiger partial charge < -0.3 is 9.88 Å². The lowest BCUT2D eigenvalue weighted by molar-refractivity contribution is 0.0952. The lowest BCUT2D eigenvalue weighted by Crippen LogP contribution is -2.25. The zero-order valence-electron chi connectivity index (χ0n) is 16.6. The highest BCUT2D eigenvalue weighted by molar-refractivity contribution is 7.92. The molecule has 0 spiro atoms. The number of nitrogens with one attached hydrogen (secondary N) is 2. The third-order valence-electron chi connectivity index (χ3n) is 4.53. The zero-order valence-corrected chi connectivity index (χ0v) is 18.9. The Balaban J connectivity index is 1.48. The van der Waals surface area contributed by atoms with Gasteiger partial charge in [0.1, 0.15) is 0 Å². The van der Waals surface area contributed by atoms with Crippen molar-refractivity contribution < 1.29 is 13.2 Å². The van der Waals surface area contributed by atoms with Crippen LogP contribution in [0, 0.1) is 0 Å². The first-order valence-corrected chi connectivity index (χ1v) is 12.0. The molecule has 0 saturated carbocycles. The molecule has 1 amide bonds. The first kappa shape index (κ1) is 23.1. The van der Waals surface area contributed by atoms with E-state index < -0.39 is 10.0 Å². The summed E-state index contributed by atoms with van der Waals surface area (Å²) in [5.41, 5.74) is 1.50. The number of rotatable bonds is 10. The molecule has 2 aromatic carbocycles. The van der Waals surface area contributed by atoms with Crippen molar-refractivity contribution in [3.05, 3.63) is 82.4 Å². The Morgan fingerprint density at radius 3 is 2.58 bits per heavy atom. The minimum atomic E-state index is -3.59. The molecule has 0 aliphatic rings. The summed E-state index contributed by atoms with van der Waals surface area (Å²) >= 11 is 12.1. The molecule has 0 bridgehead atoms. The van der Waals surface area contributed by atoms with Gasteiger partial charge in [0.25, 0.3) is 5.91 Å². The molecule has 164 valence electrons. The summed E-state index contributed by atoms with van der Waals surface area (Å²) in [5.74, 6) is -0.359. The maximum Gasteiger partial charge on any atom is 0.251 e. The fraction of sp³-hybridized carbons (Fsp3) is 0.238. The Morgan fingerprint density at radius 1 is 1.10 bits per heavy atom. The summed E-state index contributed by atoms with van der Waals surface area (Å²) in [6.07, 6.45) is 6.31. The maximum absolute atomic E-state index is 12.4. The van der Waals surface area contributed by atoms with Crippen molar-refractivity contribution in [3.63, 3.8) is 0 Å². The zero-order chi connectivity index (χ0) is 22.3. The number of benzene rings is 2. The van der Waals surface area contributed by atoms with Crippen LogP contribution in [0.1, 0.15) is 22.3 Å². The number of imidazole rings is 1. The van der Waals surface area contributed by atoms with Crippen LogP contribution < -0.4 is 10.0 Å². The second-order valence-corrected chi connectivity index (χ2v) is 9.50. The number of aromatic nitrogens is 2. The summed E-state index contributed by atoms with van der Waals surface area (Å²) in [7, 11) is -3.59. The SMILES string of the molecule is O=C(NCCCn1ccnc1)c1ccc(NS(=O)(=O)CCc2cccc(Cl)c2Cl)cc1. The van der Waals surface area contributed by atoms with Crippen molar-refractivity contribution in [1.82, 2.24) is 14.9 Å². The Morgan fingerprint density at radius 2 is 1.87 bits per heavy atom. The summed E-state index contributed by atoms with van der Waals surface area (Å²) < 4.78 is 29.2. The van der Waals surface area contributed by atoms with E-state index in [-0.39, 0.29) is 18.1 Å². The van der Waals surface area contributed by atoms with Crippen LogP contribution in [-0.2, 0) is 23.0 Å². The number of halogens is 2. The van der Waals surface area contributed by atoms with Crippen molar-refractivity contribution in [3.8, 4) is 0 Å². The highest BCUT2D eigenvalue weighted by atomic mass is 35.5. The van der Waals surface area contributed by atoms with Crippen molar-refractivity contribution in [1.29, 1.82) is 0 Å². The molecule has 2 N–H and O–H groups in total. The van der Waals surface area contributed by atoms with Gasteiger partial charge in [-0.15, -0.1) is 0 Å². The van der Waals surface area contributed by atoms with E-state index in [0.29, 0.717) is 33.4 Å². The second-order valence-electron chi connectivity index (χ2n) is 6.87. The van der Waals surface area contributed by atoms with E-state index in [4.69, 9.17) is 23.2 Å². The van der Waals surface area contributed by atoms with E-state index >= 15 is 0 Å². The van der Waals surface area contributed by atoms with Gasteiger partial charge in [-0.25, -0.2) is 13.4 Å². The molecule has 0 radical (unpaired) electrons. The van der Waals surface area contributed by atoms with Gasteiger partial charge in [0.15, 0.2) is 0 Å². The smallest absolute Gasteiger partial charge is 0.251 e. The van der Waals surface area contributed by atoms with Gasteiger partial charge in [0.05, 0.1) is 22.1 Å². The Labute approximate surface area is 191 Å². The molecule has 0 atom stereocenters. The van der Waals surface area contributed by atoms with Crippen molar-refractivity contribution in [2.24, 2.45) is 0 Å². The maximum atomic E-state index is 12.4. The number of carbonyl (C=O) groups is 1. The lowest BCUT2D eigenvalue weighted by atomic mass is 10.2. The van der Waals surface area contributed by atoms with E-state index in [2.05, 4.69) is 15.0 Å². The Hall–Kier alpha value is -2.55. The summed E-state index contributed by atoms with van der Waals surface area (Å²) in [4.78, 5) is 16.2. The van der Waals surface area contributed by atoms with Crippen LogP contribution in [0.15, 0.2) is 61.2 Å². The first-order valence-electron chi connectivity index (χ1n) is 9.61. The molecule has 7 nitrogen and oxygen atoms in total. The molecule has 0 aliphatic heterocycles. The van der Waals surface area contributed by atoms with Gasteiger partial charge in [0, 0.05) is 36.7 Å². The van der Waals surface area contributed by atoms with Gasteiger partial charge in [-0.2, -0.15) is 0 Å². The fourth-order valence-electron chi connectivity index (χ4n) is 2.89. The average Bonchev–Trinajstić information content (AvgIpc) is 3.26. The Kier molecular flexibility index (Phi) is 7.95. The van der Waals surface area contributed by atoms with Crippen LogP contribution in [0.5, 0.6) is 0 Å². The largest absolute Gasteiger partial charge is 0.352 e. The molecule has 0 unspecified atom stereocenters. The number of nitrogens with zero attached hydrogens (tertiary/aromatic N) is 2. The summed E-state index contributed by atoms with van der Waals surface area (Å²) in [6, 6.07) is 11.4. The van der Waals surface area contributed by atoms with Gasteiger partial charge in [-0.1, -0.05) is 35.3 Å². The van der Waals surface area contributed by atoms with Crippen LogP contribution in [0.2, 0.25) is 10.0 Å². The van der Waals surface area contributed by atoms with E-state index in [1.807, 2.05) is 10.8 Å². The number of carbonyl (C=O) groups excluding carboxylic acids is 1. The third kappa shape index (κ3) is 6.99. The van der Waals surface area contributed by atoms with Gasteiger partial charge in [0.2, 0.25) is 10.0 Å². The van der Waals surface area contributed by atoms with E-state index in [9.17, 15) is 13.2 Å². The van der Waals surface area contributed by atoms with Crippen molar-refractivity contribution in [2.75, 3.05) is 17.0 Å². The molecule has 3 rings (SSSR count). The topological polar surface area (TPSA) is 93.1 Å². The lowest BCUT2D eigenvalue weighted by Gasteiger charge is -2.10. The van der Waals surface area contributed by atoms with E-state index in [0.717, 1.165) is 13.0 Å². The predicted octanol–water partition coefficient (Wildman–Crippen LogP) is 3.99. The normalized spacial score (nSPS) is 11.3. The number of aryl methyl sites for hydroxylation is 2. The van der Waals surface area contributed by atoms with Gasteiger partial charge >= 0.3 is 0 Å². The number of anilines is 1. The van der Waals surface area contributed by atoms with Crippen LogP contribution in [0.3, 0.4) is 0 Å². The van der Waals surface area contributed by atoms with E-state index in [1.54, 1.807) is 55.0 Å². The number of amides is 1. The predicted molar refractivity (Wildman–Crippen MR) is 123 cm³/mol. The van der Waals surface area contributed by atoms with Crippen LogP contribution in [-0.4, -0.2) is 36.2 Å². The highest BCUT2D eigenvalue weighted by Gasteiger charge is 2.14. The first-order chi connectivity index (χ1) is 14.8. The average molecular weight is 481 g/mol. The van der Waals surface area contributed by atoms with Gasteiger partial charge in [-0.05, 0) is 48.7 Å². The molecule has 10 heteroatoms. The van der Waals surface area contributed by atoms with Crippen LogP contribution in [0.4, 0.5) is 5.69 Å². The van der Waals surface area contributed by atoms with Gasteiger partial charge in [-0.3, -0.25) is 9.52 Å². The molecule has 0 fully saturated rings. The monoisotopic (exact) mass is 480 g/mol. The molecule has 3 aromatic rings. The molecule has 1 aromatic heterocycles. The number of hydrogen-bond donors (Lipinski definition) is 2. The van der Waals surface area contributed by atoms with E-state index in [1.165, 1.54) is 0 Å². The van der Waals surface area contributed by atoms with Crippen molar-refractivity contribution >= 4 is 44.8 Å². The molecule has 31 heavy (non-hydrogen) atoms. The highest BCUT2D eigenvalue weighted by Crippen LogP contribution is 2.26. The molecular weight excluding hydrogens is 459 g/mol.